The molecule has 1 saturated heterocycles. The van der Waals surface area contributed by atoms with Gasteiger partial charge in [0.25, 0.3) is 5.91 Å². The van der Waals surface area contributed by atoms with Crippen LogP contribution < -0.4 is 14.8 Å². The van der Waals surface area contributed by atoms with Gasteiger partial charge in [0.05, 0.1) is 11.2 Å². The molecule has 0 saturated carbocycles. The molecule has 0 radical (unpaired) electrons. The Kier molecular flexibility index (Phi) is 6.12. The molecule has 0 atom stereocenters. The summed E-state index contributed by atoms with van der Waals surface area (Å²) in [6, 6.07) is 20.2. The molecule has 2 aliphatic heterocycles. The molecule has 0 spiro atoms. The number of hydrogen-bond donors (Lipinski definition) is 1. The zero-order chi connectivity index (χ0) is 25.4. The average Bonchev–Trinajstić information content (AvgIpc) is 2.93. The molecule has 7 nitrogen and oxygen atoms in total. The highest BCUT2D eigenvalue weighted by atomic mass is 16.6. The fourth-order valence-electron chi connectivity index (χ4n) is 5.10. The fourth-order valence-corrected chi connectivity index (χ4v) is 5.10. The molecule has 37 heavy (non-hydrogen) atoms. The minimum Gasteiger partial charge on any atom is -0.486 e. The van der Waals surface area contributed by atoms with Gasteiger partial charge >= 0.3 is 0 Å². The third kappa shape index (κ3) is 4.69. The van der Waals surface area contributed by atoms with Crippen molar-refractivity contribution in [3.8, 4) is 22.6 Å². The highest BCUT2D eigenvalue weighted by molar-refractivity contribution is 5.94. The van der Waals surface area contributed by atoms with E-state index in [-0.39, 0.29) is 11.9 Å². The number of para-hydroxylation sites is 1. The number of piperidine rings is 1. The van der Waals surface area contributed by atoms with Gasteiger partial charge in [-0.15, -0.1) is 0 Å². The van der Waals surface area contributed by atoms with Gasteiger partial charge in [-0.05, 0) is 62.6 Å². The van der Waals surface area contributed by atoms with Crippen LogP contribution in [0.3, 0.4) is 0 Å². The summed E-state index contributed by atoms with van der Waals surface area (Å²) in [4.78, 5) is 24.4. The highest BCUT2D eigenvalue weighted by Crippen LogP contribution is 2.40. The van der Waals surface area contributed by atoms with E-state index < -0.39 is 0 Å². The first kappa shape index (κ1) is 23.3. The lowest BCUT2D eigenvalue weighted by Crippen LogP contribution is -2.42. The van der Waals surface area contributed by atoms with Crippen molar-refractivity contribution in [3.05, 3.63) is 77.5 Å². The molecule has 1 fully saturated rings. The van der Waals surface area contributed by atoms with Crippen LogP contribution in [0.2, 0.25) is 0 Å². The second kappa shape index (κ2) is 9.73. The first-order chi connectivity index (χ1) is 18.0. The maximum absolute atomic E-state index is 12.8. The molecule has 0 aliphatic carbocycles. The van der Waals surface area contributed by atoms with Crippen LogP contribution in [-0.4, -0.2) is 53.1 Å². The maximum atomic E-state index is 12.8. The normalized spacial score (nSPS) is 15.6. The Morgan fingerprint density at radius 3 is 2.54 bits per heavy atom. The van der Waals surface area contributed by atoms with Crippen LogP contribution in [0.5, 0.6) is 11.5 Å². The van der Waals surface area contributed by atoms with E-state index in [0.717, 1.165) is 63.2 Å². The number of fused-ring (bicyclic) bond motifs is 2. The molecule has 0 bridgehead atoms. The predicted molar refractivity (Wildman–Crippen MR) is 144 cm³/mol. The summed E-state index contributed by atoms with van der Waals surface area (Å²) in [5.41, 5.74) is 5.78. The number of hydrogen-bond acceptors (Lipinski definition) is 6. The van der Waals surface area contributed by atoms with Gasteiger partial charge in [0.15, 0.2) is 11.5 Å². The Labute approximate surface area is 216 Å². The van der Waals surface area contributed by atoms with E-state index in [1.807, 2.05) is 61.2 Å². The van der Waals surface area contributed by atoms with E-state index in [0.29, 0.717) is 32.3 Å². The Bertz CT molecular complexity index is 1460. The van der Waals surface area contributed by atoms with Gasteiger partial charge in [0.2, 0.25) is 5.95 Å². The van der Waals surface area contributed by atoms with Crippen molar-refractivity contribution >= 4 is 22.8 Å². The number of ether oxygens (including phenoxy) is 2. The molecule has 1 N–H and O–H groups in total. The van der Waals surface area contributed by atoms with Gasteiger partial charge in [0.1, 0.15) is 13.2 Å². The van der Waals surface area contributed by atoms with Crippen LogP contribution in [0.25, 0.3) is 22.0 Å². The standard InChI is InChI=1S/C30H30N4O3/c1-19-6-8-21(9-7-19)29(35)34-14-12-23(13-15-34)32-30-31-20(2)25-18-22(10-11-26(25)33-30)24-4-3-5-27-28(24)37-17-16-36-27/h3-11,18,23H,12-17H2,1-2H3,(H,31,32,33). The molecule has 0 unspecified atom stereocenters. The predicted octanol–water partition coefficient (Wildman–Crippen LogP) is 5.40. The number of aryl methyl sites for hydroxylation is 2. The number of aromatic nitrogens is 2. The highest BCUT2D eigenvalue weighted by Gasteiger charge is 2.24. The SMILES string of the molecule is Cc1ccc(C(=O)N2CCC(Nc3nc(C)c4cc(-c5cccc6c5OCCO6)ccc4n3)CC2)cc1. The van der Waals surface area contributed by atoms with E-state index in [4.69, 9.17) is 19.4 Å². The third-order valence-corrected chi connectivity index (χ3v) is 7.18. The second-order valence-corrected chi connectivity index (χ2v) is 9.77. The number of benzene rings is 3. The van der Waals surface area contributed by atoms with Crippen molar-refractivity contribution in [3.63, 3.8) is 0 Å². The van der Waals surface area contributed by atoms with Crippen molar-refractivity contribution in [2.24, 2.45) is 0 Å². The maximum Gasteiger partial charge on any atom is 0.253 e. The third-order valence-electron chi connectivity index (χ3n) is 7.18. The molecule has 1 amide bonds. The Balaban J connectivity index is 1.16. The van der Waals surface area contributed by atoms with Gasteiger partial charge in [-0.2, -0.15) is 0 Å². The minimum atomic E-state index is 0.101. The van der Waals surface area contributed by atoms with Crippen LogP contribution in [0, 0.1) is 13.8 Å². The molecule has 6 rings (SSSR count). The lowest BCUT2D eigenvalue weighted by Gasteiger charge is -2.32. The quantitative estimate of drug-likeness (QED) is 0.409. The van der Waals surface area contributed by atoms with E-state index in [1.165, 1.54) is 0 Å². The van der Waals surface area contributed by atoms with E-state index >= 15 is 0 Å². The van der Waals surface area contributed by atoms with Crippen LogP contribution in [0.4, 0.5) is 5.95 Å². The van der Waals surface area contributed by atoms with Gasteiger partial charge < -0.3 is 19.7 Å². The molecule has 2 aliphatic rings. The number of nitrogens with zero attached hydrogens (tertiary/aromatic N) is 3. The topological polar surface area (TPSA) is 76.6 Å². The fraction of sp³-hybridized carbons (Fsp3) is 0.300. The number of anilines is 1. The van der Waals surface area contributed by atoms with E-state index in [2.05, 4.69) is 23.5 Å². The van der Waals surface area contributed by atoms with Gasteiger partial charge in [-0.25, -0.2) is 9.97 Å². The van der Waals surface area contributed by atoms with Crippen molar-refractivity contribution in [2.45, 2.75) is 32.7 Å². The van der Waals surface area contributed by atoms with Crippen LogP contribution in [-0.2, 0) is 0 Å². The zero-order valence-corrected chi connectivity index (χ0v) is 21.2. The second-order valence-electron chi connectivity index (χ2n) is 9.77. The molecule has 3 aromatic carbocycles. The molecule has 4 aromatic rings. The molecule has 7 heteroatoms. The number of carbonyl (C=O) groups excluding carboxylic acids is 1. The smallest absolute Gasteiger partial charge is 0.253 e. The minimum absolute atomic E-state index is 0.101. The van der Waals surface area contributed by atoms with Crippen molar-refractivity contribution in [2.75, 3.05) is 31.6 Å². The number of amides is 1. The average molecular weight is 495 g/mol. The van der Waals surface area contributed by atoms with Crippen molar-refractivity contribution in [1.82, 2.24) is 14.9 Å². The molecule has 3 heterocycles. The number of likely N-dealkylation sites (tertiary alicyclic amines) is 1. The van der Waals surface area contributed by atoms with E-state index in [1.54, 1.807) is 0 Å². The number of nitrogens with one attached hydrogen (secondary N) is 1. The molecule has 188 valence electrons. The lowest BCUT2D eigenvalue weighted by atomic mass is 10.0. The van der Waals surface area contributed by atoms with Crippen LogP contribution >= 0.6 is 0 Å². The summed E-state index contributed by atoms with van der Waals surface area (Å²) < 4.78 is 11.7. The van der Waals surface area contributed by atoms with Crippen molar-refractivity contribution in [1.29, 1.82) is 0 Å². The summed E-state index contributed by atoms with van der Waals surface area (Å²) in [6.45, 7) is 6.59. The summed E-state index contributed by atoms with van der Waals surface area (Å²) in [5, 5.41) is 4.52. The first-order valence-corrected chi connectivity index (χ1v) is 12.8. The van der Waals surface area contributed by atoms with Gasteiger partial charge in [0, 0.05) is 35.6 Å². The summed E-state index contributed by atoms with van der Waals surface area (Å²) >= 11 is 0. The summed E-state index contributed by atoms with van der Waals surface area (Å²) in [5.74, 6) is 2.30. The molecular weight excluding hydrogens is 464 g/mol. The monoisotopic (exact) mass is 494 g/mol. The zero-order valence-electron chi connectivity index (χ0n) is 21.2. The van der Waals surface area contributed by atoms with Gasteiger partial charge in [-0.1, -0.05) is 35.9 Å². The largest absolute Gasteiger partial charge is 0.486 e. The van der Waals surface area contributed by atoms with Crippen LogP contribution in [0.15, 0.2) is 60.7 Å². The number of carbonyl (C=O) groups is 1. The molecular formula is C30H30N4O3. The van der Waals surface area contributed by atoms with E-state index in [9.17, 15) is 4.79 Å². The Hall–Kier alpha value is -4.13. The summed E-state index contributed by atoms with van der Waals surface area (Å²) in [7, 11) is 0. The van der Waals surface area contributed by atoms with Crippen LogP contribution in [0.1, 0.15) is 34.5 Å². The Morgan fingerprint density at radius 2 is 1.73 bits per heavy atom. The summed E-state index contributed by atoms with van der Waals surface area (Å²) in [6.07, 6.45) is 1.72. The van der Waals surface area contributed by atoms with Gasteiger partial charge in [-0.3, -0.25) is 4.79 Å². The first-order valence-electron chi connectivity index (χ1n) is 12.8. The Morgan fingerprint density at radius 1 is 0.946 bits per heavy atom. The number of rotatable bonds is 4. The lowest BCUT2D eigenvalue weighted by molar-refractivity contribution is 0.0718. The van der Waals surface area contributed by atoms with Crippen molar-refractivity contribution < 1.29 is 14.3 Å². The molecule has 1 aromatic heterocycles.